The quantitative estimate of drug-likeness (QED) is 0.151. The van der Waals surface area contributed by atoms with Crippen LogP contribution in [0, 0.1) is 0 Å². The second kappa shape index (κ2) is 16.7. The van der Waals surface area contributed by atoms with E-state index in [-0.39, 0.29) is 0 Å². The molecule has 0 amide bonds. The van der Waals surface area contributed by atoms with E-state index in [0.717, 1.165) is 67.2 Å². The highest BCUT2D eigenvalue weighted by Gasteiger charge is 2.52. The van der Waals surface area contributed by atoms with Gasteiger partial charge in [-0.05, 0) is 145 Å². The number of fused-ring (bicyclic) bond motifs is 14. The molecule has 0 bridgehead atoms. The van der Waals surface area contributed by atoms with Crippen LogP contribution in [0.5, 0.6) is 0 Å². The Labute approximate surface area is 430 Å². The molecule has 13 aromatic rings. The summed E-state index contributed by atoms with van der Waals surface area (Å²) in [7, 11) is 0. The third kappa shape index (κ3) is 6.33. The Balaban J connectivity index is 0.969. The highest BCUT2D eigenvalue weighted by molar-refractivity contribution is 6.10. The highest BCUT2D eigenvalue weighted by Crippen LogP contribution is 2.64. The van der Waals surface area contributed by atoms with Gasteiger partial charge in [0, 0.05) is 39.1 Å². The first-order chi connectivity index (χ1) is 36.7. The maximum Gasteiger partial charge on any atom is 0.159 e. The van der Waals surface area contributed by atoms with Gasteiger partial charge in [-0.2, -0.15) is 0 Å². The van der Waals surface area contributed by atoms with Gasteiger partial charge in [-0.3, -0.25) is 0 Å². The minimum absolute atomic E-state index is 0.639. The third-order valence-corrected chi connectivity index (χ3v) is 15.6. The molecule has 3 nitrogen and oxygen atoms in total. The molecular weight excluding hydrogens is 897 g/mol. The zero-order valence-electron chi connectivity index (χ0n) is 40.4. The van der Waals surface area contributed by atoms with Crippen molar-refractivity contribution < 1.29 is 4.42 Å². The number of furan rings is 1. The predicted molar refractivity (Wildman–Crippen MR) is 308 cm³/mol. The van der Waals surface area contributed by atoms with Crippen molar-refractivity contribution in [1.82, 2.24) is 0 Å². The molecule has 12 aromatic carbocycles. The molecular formula is C71H46N2O. The van der Waals surface area contributed by atoms with E-state index in [1.165, 1.54) is 66.4 Å². The molecule has 3 heteroatoms. The molecule has 2 aliphatic rings. The van der Waals surface area contributed by atoms with E-state index in [1.54, 1.807) is 0 Å². The fourth-order valence-corrected chi connectivity index (χ4v) is 12.4. The molecule has 2 aliphatic carbocycles. The van der Waals surface area contributed by atoms with Crippen LogP contribution in [0.2, 0.25) is 0 Å². The van der Waals surface area contributed by atoms with Gasteiger partial charge in [-0.15, -0.1) is 0 Å². The first kappa shape index (κ1) is 42.0. The Morgan fingerprint density at radius 1 is 0.270 bits per heavy atom. The summed E-state index contributed by atoms with van der Waals surface area (Å²) in [6.45, 7) is 0. The van der Waals surface area contributed by atoms with Gasteiger partial charge in [0.2, 0.25) is 0 Å². The number of hydrogen-bond acceptors (Lipinski definition) is 3. The van der Waals surface area contributed by atoms with Crippen LogP contribution in [0.15, 0.2) is 283 Å². The summed E-state index contributed by atoms with van der Waals surface area (Å²) >= 11 is 0. The Kier molecular flexibility index (Phi) is 9.48. The first-order valence-electron chi connectivity index (χ1n) is 25.5. The van der Waals surface area contributed by atoms with Gasteiger partial charge >= 0.3 is 0 Å². The molecule has 1 heterocycles. The minimum Gasteiger partial charge on any atom is -0.454 e. The summed E-state index contributed by atoms with van der Waals surface area (Å²) < 4.78 is 6.78. The molecule has 1 spiro atoms. The van der Waals surface area contributed by atoms with Gasteiger partial charge in [0.15, 0.2) is 5.58 Å². The molecule has 0 fully saturated rings. The average Bonchev–Trinajstić information content (AvgIpc) is 4.18. The lowest BCUT2D eigenvalue weighted by molar-refractivity contribution is 0.669. The lowest BCUT2D eigenvalue weighted by Gasteiger charge is -2.33. The van der Waals surface area contributed by atoms with Gasteiger partial charge in [0.25, 0.3) is 0 Å². The second-order valence-corrected chi connectivity index (χ2v) is 19.6. The number of hydrogen-bond donors (Lipinski definition) is 0. The molecule has 1 aromatic heterocycles. The lowest BCUT2D eigenvalue weighted by atomic mass is 9.70. The molecule has 1 atom stereocenters. The maximum absolute atomic E-state index is 6.78. The molecule has 0 radical (unpaired) electrons. The molecule has 15 rings (SSSR count). The lowest BCUT2D eigenvalue weighted by Crippen LogP contribution is -2.26. The molecule has 0 N–H and O–H groups in total. The maximum atomic E-state index is 6.78. The number of anilines is 6. The van der Waals surface area contributed by atoms with E-state index in [1.807, 2.05) is 6.07 Å². The SMILES string of the molecule is c1ccc(-c2ccc(-c3cc4ccccc4cc3N(c3ccccc3)c3ccc4c(c3)C3(c5ccccc5-4)c4ccccc4-c4ccc(N(c5ccccc5)c5cccc6c5oc5ccccc56)cc43)cc2)cc1. The Hall–Kier alpha value is -9.70. The summed E-state index contributed by atoms with van der Waals surface area (Å²) in [5.74, 6) is 0. The molecule has 0 saturated heterocycles. The van der Waals surface area contributed by atoms with Crippen LogP contribution >= 0.6 is 0 Å². The highest BCUT2D eigenvalue weighted by atomic mass is 16.3. The van der Waals surface area contributed by atoms with E-state index in [9.17, 15) is 0 Å². The van der Waals surface area contributed by atoms with Crippen molar-refractivity contribution in [3.05, 3.63) is 301 Å². The summed E-state index contributed by atoms with van der Waals surface area (Å²) in [5.41, 5.74) is 22.3. The van der Waals surface area contributed by atoms with Crippen molar-refractivity contribution >= 4 is 66.8 Å². The summed E-state index contributed by atoms with van der Waals surface area (Å²) in [6, 6.07) is 102. The van der Waals surface area contributed by atoms with Crippen molar-refractivity contribution in [3.63, 3.8) is 0 Å². The van der Waals surface area contributed by atoms with Crippen molar-refractivity contribution in [2.45, 2.75) is 5.41 Å². The van der Waals surface area contributed by atoms with Crippen LogP contribution in [-0.2, 0) is 5.41 Å². The fraction of sp³-hybridized carbons (Fsp3) is 0.0141. The van der Waals surface area contributed by atoms with Crippen LogP contribution < -0.4 is 9.80 Å². The van der Waals surface area contributed by atoms with Gasteiger partial charge in [-0.25, -0.2) is 0 Å². The first-order valence-corrected chi connectivity index (χ1v) is 25.5. The average molecular weight is 943 g/mol. The van der Waals surface area contributed by atoms with E-state index < -0.39 is 5.41 Å². The van der Waals surface area contributed by atoms with Crippen molar-refractivity contribution in [3.8, 4) is 44.5 Å². The number of para-hydroxylation sites is 4. The van der Waals surface area contributed by atoms with Gasteiger partial charge in [0.1, 0.15) is 5.58 Å². The summed E-state index contributed by atoms with van der Waals surface area (Å²) in [5, 5.41) is 4.59. The molecule has 0 saturated carbocycles. The minimum atomic E-state index is -0.639. The van der Waals surface area contributed by atoms with Gasteiger partial charge in [0.05, 0.1) is 16.8 Å². The zero-order valence-corrected chi connectivity index (χ0v) is 40.4. The fourth-order valence-electron chi connectivity index (χ4n) is 12.4. The standard InChI is InChI=1S/C71H46N2O/c1-4-19-47(20-5-1)48-35-37-49(38-36-48)62-43-50-21-10-11-22-51(50)44-68(62)73(53-25-8-3-9-26-53)55-40-42-59-57-28-13-16-32-64(57)71(66(59)46-55)63-31-15-12-27-56(63)58-41-39-54(45-65(58)71)72(52-23-6-2-7-24-52)67-33-18-30-61-60-29-14-17-34-69(60)74-70(61)67/h1-46H. The van der Waals surface area contributed by atoms with Crippen molar-refractivity contribution in [1.29, 1.82) is 0 Å². The second-order valence-electron chi connectivity index (χ2n) is 19.6. The van der Waals surface area contributed by atoms with Crippen molar-refractivity contribution in [2.75, 3.05) is 9.80 Å². The summed E-state index contributed by atoms with van der Waals surface area (Å²) in [6.07, 6.45) is 0. The number of benzene rings is 12. The van der Waals surface area contributed by atoms with E-state index >= 15 is 0 Å². The van der Waals surface area contributed by atoms with E-state index in [2.05, 4.69) is 283 Å². The Morgan fingerprint density at radius 2 is 0.743 bits per heavy atom. The van der Waals surface area contributed by atoms with Crippen LogP contribution in [0.25, 0.3) is 77.2 Å². The number of rotatable bonds is 8. The smallest absolute Gasteiger partial charge is 0.159 e. The van der Waals surface area contributed by atoms with Crippen LogP contribution in [0.1, 0.15) is 22.3 Å². The predicted octanol–water partition coefficient (Wildman–Crippen LogP) is 19.4. The largest absolute Gasteiger partial charge is 0.454 e. The topological polar surface area (TPSA) is 19.6 Å². The van der Waals surface area contributed by atoms with Crippen LogP contribution in [-0.4, -0.2) is 0 Å². The van der Waals surface area contributed by atoms with E-state index in [0.29, 0.717) is 0 Å². The van der Waals surface area contributed by atoms with E-state index in [4.69, 9.17) is 4.42 Å². The zero-order chi connectivity index (χ0) is 48.7. The van der Waals surface area contributed by atoms with Gasteiger partial charge < -0.3 is 14.2 Å². The molecule has 0 aliphatic heterocycles. The molecule has 74 heavy (non-hydrogen) atoms. The Bertz CT molecular complexity index is 4300. The number of nitrogens with zero attached hydrogens (tertiary/aromatic N) is 2. The van der Waals surface area contributed by atoms with Crippen molar-refractivity contribution in [2.24, 2.45) is 0 Å². The van der Waals surface area contributed by atoms with Crippen LogP contribution in [0.3, 0.4) is 0 Å². The normalized spacial score (nSPS) is 14.0. The monoisotopic (exact) mass is 942 g/mol. The molecule has 346 valence electrons. The van der Waals surface area contributed by atoms with Crippen LogP contribution in [0.4, 0.5) is 34.1 Å². The summed E-state index contributed by atoms with van der Waals surface area (Å²) in [4.78, 5) is 4.86. The Morgan fingerprint density at radius 3 is 1.38 bits per heavy atom. The third-order valence-electron chi connectivity index (χ3n) is 15.6. The molecule has 1 unspecified atom stereocenters. The van der Waals surface area contributed by atoms with Gasteiger partial charge in [-0.1, -0.05) is 206 Å².